The number of hydrogen-bond acceptors (Lipinski definition) is 2. The standard InChI is InChI=1S/C16H10ClF3N2O/c17-15-11(7-10-3-1-2-4-13(10)21-15)8-22-9-12(16(18,19)20)5-6-14(22)23/h1-7,9H,8H2. The zero-order chi connectivity index (χ0) is 16.6. The van der Waals surface area contributed by atoms with E-state index in [-0.39, 0.29) is 11.7 Å². The molecule has 0 atom stereocenters. The van der Waals surface area contributed by atoms with Gasteiger partial charge in [-0.05, 0) is 18.2 Å². The molecule has 0 bridgehead atoms. The van der Waals surface area contributed by atoms with E-state index in [1.165, 1.54) is 0 Å². The number of aromatic nitrogens is 2. The highest BCUT2D eigenvalue weighted by Gasteiger charge is 2.31. The summed E-state index contributed by atoms with van der Waals surface area (Å²) in [4.78, 5) is 16.0. The molecule has 7 heteroatoms. The SMILES string of the molecule is O=c1ccc(C(F)(F)F)cn1Cc1cc2ccccc2nc1Cl. The van der Waals surface area contributed by atoms with Crippen LogP contribution in [0.2, 0.25) is 5.15 Å². The van der Waals surface area contributed by atoms with E-state index in [4.69, 9.17) is 11.6 Å². The van der Waals surface area contributed by atoms with Crippen LogP contribution in [0.3, 0.4) is 0 Å². The van der Waals surface area contributed by atoms with E-state index in [9.17, 15) is 18.0 Å². The molecule has 2 aromatic heterocycles. The number of alkyl halides is 3. The van der Waals surface area contributed by atoms with Gasteiger partial charge in [-0.2, -0.15) is 13.2 Å². The summed E-state index contributed by atoms with van der Waals surface area (Å²) in [6, 6.07) is 10.6. The number of benzene rings is 1. The minimum Gasteiger partial charge on any atom is -0.310 e. The molecule has 0 saturated carbocycles. The molecule has 0 aliphatic heterocycles. The second-order valence-corrected chi connectivity index (χ2v) is 5.37. The smallest absolute Gasteiger partial charge is 0.310 e. The van der Waals surface area contributed by atoms with E-state index in [1.807, 2.05) is 18.2 Å². The number of nitrogens with zero attached hydrogens (tertiary/aromatic N) is 2. The van der Waals surface area contributed by atoms with E-state index in [0.29, 0.717) is 11.1 Å². The molecule has 23 heavy (non-hydrogen) atoms. The molecular weight excluding hydrogens is 329 g/mol. The van der Waals surface area contributed by atoms with Crippen molar-refractivity contribution in [3.63, 3.8) is 0 Å². The van der Waals surface area contributed by atoms with Crippen LogP contribution >= 0.6 is 11.6 Å². The van der Waals surface area contributed by atoms with Crippen molar-refractivity contribution in [2.75, 3.05) is 0 Å². The predicted octanol–water partition coefficient (Wildman–Crippen LogP) is 4.12. The Morgan fingerprint density at radius 3 is 2.61 bits per heavy atom. The second kappa shape index (κ2) is 5.70. The summed E-state index contributed by atoms with van der Waals surface area (Å²) >= 11 is 6.09. The quantitative estimate of drug-likeness (QED) is 0.659. The highest BCUT2D eigenvalue weighted by atomic mass is 35.5. The Labute approximate surface area is 134 Å². The number of fused-ring (bicyclic) bond motifs is 1. The van der Waals surface area contributed by atoms with Crippen LogP contribution in [0.4, 0.5) is 13.2 Å². The lowest BCUT2D eigenvalue weighted by atomic mass is 10.1. The van der Waals surface area contributed by atoms with Crippen LogP contribution in [0.1, 0.15) is 11.1 Å². The highest BCUT2D eigenvalue weighted by molar-refractivity contribution is 6.30. The molecule has 0 fully saturated rings. The molecular formula is C16H10ClF3N2O. The molecule has 0 aliphatic carbocycles. The molecule has 0 unspecified atom stereocenters. The average molecular weight is 339 g/mol. The maximum absolute atomic E-state index is 12.8. The number of hydrogen-bond donors (Lipinski definition) is 0. The largest absolute Gasteiger partial charge is 0.417 e. The number of halogens is 4. The third-order valence-electron chi connectivity index (χ3n) is 3.40. The first-order valence-electron chi connectivity index (χ1n) is 6.66. The highest BCUT2D eigenvalue weighted by Crippen LogP contribution is 2.28. The van der Waals surface area contributed by atoms with Gasteiger partial charge in [0.15, 0.2) is 0 Å². The van der Waals surface area contributed by atoms with Gasteiger partial charge < -0.3 is 4.57 Å². The number of pyridine rings is 2. The fourth-order valence-electron chi connectivity index (χ4n) is 2.25. The van der Waals surface area contributed by atoms with Crippen LogP contribution in [-0.2, 0) is 12.7 Å². The van der Waals surface area contributed by atoms with Crippen LogP contribution in [0.15, 0.2) is 53.5 Å². The minimum atomic E-state index is -4.51. The van der Waals surface area contributed by atoms with Crippen LogP contribution < -0.4 is 5.56 Å². The summed E-state index contributed by atoms with van der Waals surface area (Å²) in [5.74, 6) is 0. The third-order valence-corrected chi connectivity index (χ3v) is 3.73. The van der Waals surface area contributed by atoms with Crippen molar-refractivity contribution < 1.29 is 13.2 Å². The van der Waals surface area contributed by atoms with Crippen molar-refractivity contribution in [3.05, 3.63) is 75.3 Å². The van der Waals surface area contributed by atoms with Crippen LogP contribution in [0, 0.1) is 0 Å². The van der Waals surface area contributed by atoms with Crippen molar-refractivity contribution in [2.45, 2.75) is 12.7 Å². The maximum atomic E-state index is 12.8. The van der Waals surface area contributed by atoms with Gasteiger partial charge in [-0.1, -0.05) is 29.8 Å². The normalized spacial score (nSPS) is 11.8. The lowest BCUT2D eigenvalue weighted by molar-refractivity contribution is -0.138. The Hall–Kier alpha value is -2.34. The average Bonchev–Trinajstić information content (AvgIpc) is 2.49. The molecule has 0 radical (unpaired) electrons. The minimum absolute atomic E-state index is 0.0839. The van der Waals surface area contributed by atoms with Crippen molar-refractivity contribution in [1.29, 1.82) is 0 Å². The van der Waals surface area contributed by atoms with E-state index in [0.717, 1.165) is 28.3 Å². The fourth-order valence-corrected chi connectivity index (χ4v) is 2.46. The van der Waals surface area contributed by atoms with Crippen LogP contribution in [0.25, 0.3) is 10.9 Å². The first-order chi connectivity index (χ1) is 10.8. The maximum Gasteiger partial charge on any atom is 0.417 e. The topological polar surface area (TPSA) is 34.9 Å². The summed E-state index contributed by atoms with van der Waals surface area (Å²) < 4.78 is 39.3. The third kappa shape index (κ3) is 3.22. The number of rotatable bonds is 2. The molecule has 0 aliphatic rings. The lowest BCUT2D eigenvalue weighted by Gasteiger charge is -2.12. The number of para-hydroxylation sites is 1. The molecule has 0 saturated heterocycles. The van der Waals surface area contributed by atoms with Crippen molar-refractivity contribution in [2.24, 2.45) is 0 Å². The van der Waals surface area contributed by atoms with E-state index in [1.54, 1.807) is 12.1 Å². The zero-order valence-electron chi connectivity index (χ0n) is 11.6. The molecule has 0 spiro atoms. The van der Waals surface area contributed by atoms with E-state index >= 15 is 0 Å². The van der Waals surface area contributed by atoms with Gasteiger partial charge >= 0.3 is 6.18 Å². The van der Waals surface area contributed by atoms with Crippen molar-refractivity contribution >= 4 is 22.5 Å². The molecule has 118 valence electrons. The Morgan fingerprint density at radius 2 is 1.87 bits per heavy atom. The molecule has 2 heterocycles. The Kier molecular flexibility index (Phi) is 3.85. The van der Waals surface area contributed by atoms with Gasteiger partial charge in [0, 0.05) is 23.2 Å². The first-order valence-corrected chi connectivity index (χ1v) is 7.04. The Balaban J connectivity index is 2.05. The molecule has 0 amide bonds. The van der Waals surface area contributed by atoms with Gasteiger partial charge in [-0.3, -0.25) is 4.79 Å². The summed E-state index contributed by atoms with van der Waals surface area (Å²) in [5.41, 5.74) is -0.270. The van der Waals surface area contributed by atoms with Crippen molar-refractivity contribution in [1.82, 2.24) is 9.55 Å². The van der Waals surface area contributed by atoms with Crippen molar-refractivity contribution in [3.8, 4) is 0 Å². The predicted molar refractivity (Wildman–Crippen MR) is 81.6 cm³/mol. The van der Waals surface area contributed by atoms with Gasteiger partial charge in [0.2, 0.25) is 0 Å². The van der Waals surface area contributed by atoms with Gasteiger partial charge in [0.05, 0.1) is 17.6 Å². The van der Waals surface area contributed by atoms with Crippen LogP contribution in [0.5, 0.6) is 0 Å². The zero-order valence-corrected chi connectivity index (χ0v) is 12.4. The lowest BCUT2D eigenvalue weighted by Crippen LogP contribution is -2.22. The molecule has 3 nitrogen and oxygen atoms in total. The molecule has 0 N–H and O–H groups in total. The summed E-state index contributed by atoms with van der Waals surface area (Å²) in [7, 11) is 0. The van der Waals surface area contributed by atoms with Gasteiger partial charge in [-0.15, -0.1) is 0 Å². The molecule has 3 rings (SSSR count). The van der Waals surface area contributed by atoms with E-state index < -0.39 is 17.3 Å². The van der Waals surface area contributed by atoms with Gasteiger partial charge in [0.25, 0.3) is 5.56 Å². The molecule has 1 aromatic carbocycles. The second-order valence-electron chi connectivity index (χ2n) is 5.01. The Bertz CT molecular complexity index is 934. The first kappa shape index (κ1) is 15.6. The van der Waals surface area contributed by atoms with Gasteiger partial charge in [-0.25, -0.2) is 4.98 Å². The summed E-state index contributed by atoms with van der Waals surface area (Å²) in [6.07, 6.45) is -3.73. The summed E-state index contributed by atoms with van der Waals surface area (Å²) in [5, 5.41) is 0.958. The Morgan fingerprint density at radius 1 is 1.13 bits per heavy atom. The molecule has 3 aromatic rings. The fraction of sp³-hybridized carbons (Fsp3) is 0.125. The van der Waals surface area contributed by atoms with Gasteiger partial charge in [0.1, 0.15) is 5.15 Å². The van der Waals surface area contributed by atoms with E-state index in [2.05, 4.69) is 4.98 Å². The monoisotopic (exact) mass is 338 g/mol. The summed E-state index contributed by atoms with van der Waals surface area (Å²) in [6.45, 7) is -0.0839. The van der Waals surface area contributed by atoms with Crippen LogP contribution in [-0.4, -0.2) is 9.55 Å².